The molecule has 1 amide bonds. The van der Waals surface area contributed by atoms with Crippen LogP contribution in [0.25, 0.3) is 5.65 Å². The van der Waals surface area contributed by atoms with Crippen molar-refractivity contribution in [3.8, 4) is 0 Å². The molecule has 0 unspecified atom stereocenters. The molecule has 6 heteroatoms. The monoisotopic (exact) mass is 455 g/mol. The quantitative estimate of drug-likeness (QED) is 0.298. The van der Waals surface area contributed by atoms with Crippen LogP contribution in [0.1, 0.15) is 55.5 Å². The van der Waals surface area contributed by atoms with E-state index in [9.17, 15) is 4.79 Å². The molecule has 34 heavy (non-hydrogen) atoms. The largest absolute Gasteiger partial charge is 0.379 e. The summed E-state index contributed by atoms with van der Waals surface area (Å²) in [6.45, 7) is 12.2. The third-order valence-electron chi connectivity index (χ3n) is 6.04. The van der Waals surface area contributed by atoms with Gasteiger partial charge in [0.15, 0.2) is 0 Å². The van der Waals surface area contributed by atoms with Gasteiger partial charge in [0.2, 0.25) is 6.41 Å². The molecule has 5 rings (SSSR count). The summed E-state index contributed by atoms with van der Waals surface area (Å²) >= 11 is 0. The van der Waals surface area contributed by atoms with Gasteiger partial charge >= 0.3 is 0 Å². The lowest BCUT2D eigenvalue weighted by Gasteiger charge is -2.07. The van der Waals surface area contributed by atoms with E-state index in [4.69, 9.17) is 0 Å². The van der Waals surface area contributed by atoms with Gasteiger partial charge in [-0.2, -0.15) is 0 Å². The van der Waals surface area contributed by atoms with Crippen molar-refractivity contribution in [2.45, 2.75) is 52.0 Å². The first-order chi connectivity index (χ1) is 16.4. The number of fused-ring (bicyclic) bond motifs is 1. The number of rotatable bonds is 9. The second kappa shape index (κ2) is 10.5. The van der Waals surface area contributed by atoms with Crippen LogP contribution in [0.2, 0.25) is 0 Å². The molecule has 0 atom stereocenters. The highest BCUT2D eigenvalue weighted by Crippen LogP contribution is 2.40. The van der Waals surface area contributed by atoms with E-state index in [1.165, 1.54) is 42.4 Å². The summed E-state index contributed by atoms with van der Waals surface area (Å²) in [6, 6.07) is 8.01. The summed E-state index contributed by atoms with van der Waals surface area (Å²) in [5, 5.41) is 5.92. The van der Waals surface area contributed by atoms with Crippen molar-refractivity contribution in [2.24, 2.45) is 5.92 Å². The number of anilines is 2. The van der Waals surface area contributed by atoms with Gasteiger partial charge in [0.25, 0.3) is 0 Å². The minimum absolute atomic E-state index is 0.538. The molecular formula is C28H33N5O. The summed E-state index contributed by atoms with van der Waals surface area (Å²) in [6.07, 6.45) is 14.1. The van der Waals surface area contributed by atoms with Gasteiger partial charge in [0.1, 0.15) is 11.5 Å². The number of carbonyl (C=O) groups excluding carboxylic acids is 1. The maximum atomic E-state index is 10.6. The molecule has 176 valence electrons. The molecule has 3 aromatic rings. The van der Waals surface area contributed by atoms with Crippen LogP contribution in [0.15, 0.2) is 73.1 Å². The molecule has 2 aliphatic rings. The van der Waals surface area contributed by atoms with E-state index < -0.39 is 0 Å². The molecule has 3 heterocycles. The SMILES string of the molecule is C=C/C(C)=C\C(=C)C1CC1.Cc1cc(NCc2cn3cc(C4CC4)ccc3n2)cc(NC=O)n1. The number of nitrogens with zero attached hydrogens (tertiary/aromatic N) is 3. The van der Waals surface area contributed by atoms with Crippen LogP contribution in [0.3, 0.4) is 0 Å². The van der Waals surface area contributed by atoms with E-state index in [0.717, 1.165) is 34.6 Å². The molecule has 0 aliphatic heterocycles. The predicted octanol–water partition coefficient (Wildman–Crippen LogP) is 6.18. The van der Waals surface area contributed by atoms with Gasteiger partial charge in [-0.1, -0.05) is 42.5 Å². The van der Waals surface area contributed by atoms with Crippen LogP contribution in [0.5, 0.6) is 0 Å². The number of hydrogen-bond acceptors (Lipinski definition) is 4. The van der Waals surface area contributed by atoms with Gasteiger partial charge in [-0.3, -0.25) is 4.79 Å². The van der Waals surface area contributed by atoms with Crippen molar-refractivity contribution >= 4 is 23.6 Å². The highest BCUT2D eigenvalue weighted by Gasteiger charge is 2.24. The van der Waals surface area contributed by atoms with E-state index in [1.807, 2.05) is 25.1 Å². The highest BCUT2D eigenvalue weighted by atomic mass is 16.1. The standard InChI is InChI=1S/C18H19N5O.C10H14/c1-12-6-15(7-17(21-12)20-11-24)19-8-16-10-23-9-14(13-2-3-13)4-5-18(23)22-16;1-4-8(2)7-9(3)10-5-6-10/h4-7,9-11,13H,2-3,8H2,1H3,(H2,19,20,21,24);4,7,10H,1,3,5-6H2,2H3/b;8-7-. The molecule has 2 N–H and O–H groups in total. The van der Waals surface area contributed by atoms with Gasteiger partial charge < -0.3 is 15.0 Å². The lowest BCUT2D eigenvalue weighted by atomic mass is 10.1. The number of carbonyl (C=O) groups is 1. The van der Waals surface area contributed by atoms with Gasteiger partial charge in [-0.15, -0.1) is 0 Å². The lowest BCUT2D eigenvalue weighted by Crippen LogP contribution is -2.03. The van der Waals surface area contributed by atoms with Crippen molar-refractivity contribution in [1.82, 2.24) is 14.4 Å². The van der Waals surface area contributed by atoms with Crippen molar-refractivity contribution < 1.29 is 4.79 Å². The summed E-state index contributed by atoms with van der Waals surface area (Å²) in [7, 11) is 0. The van der Waals surface area contributed by atoms with Crippen molar-refractivity contribution in [2.75, 3.05) is 10.6 Å². The third-order valence-corrected chi connectivity index (χ3v) is 6.04. The summed E-state index contributed by atoms with van der Waals surface area (Å²) in [5.74, 6) is 2.06. The fraction of sp³-hybridized carbons (Fsp3) is 0.321. The number of hydrogen-bond donors (Lipinski definition) is 2. The molecule has 2 fully saturated rings. The summed E-state index contributed by atoms with van der Waals surface area (Å²) in [4.78, 5) is 19.5. The fourth-order valence-electron chi connectivity index (χ4n) is 3.83. The minimum Gasteiger partial charge on any atom is -0.379 e. The number of pyridine rings is 2. The lowest BCUT2D eigenvalue weighted by molar-refractivity contribution is -0.105. The van der Waals surface area contributed by atoms with Crippen molar-refractivity contribution in [3.63, 3.8) is 0 Å². The number of aromatic nitrogens is 3. The smallest absolute Gasteiger partial charge is 0.212 e. The highest BCUT2D eigenvalue weighted by molar-refractivity contribution is 5.71. The first-order valence-corrected chi connectivity index (χ1v) is 11.8. The second-order valence-electron chi connectivity index (χ2n) is 9.17. The van der Waals surface area contributed by atoms with Gasteiger partial charge in [0.05, 0.1) is 12.2 Å². The zero-order valence-corrected chi connectivity index (χ0v) is 20.1. The first kappa shape index (κ1) is 23.5. The zero-order chi connectivity index (χ0) is 24.1. The minimum atomic E-state index is 0.538. The summed E-state index contributed by atoms with van der Waals surface area (Å²) < 4.78 is 2.10. The topological polar surface area (TPSA) is 71.3 Å². The average Bonchev–Trinajstić information content (AvgIpc) is 3.73. The van der Waals surface area contributed by atoms with Crippen molar-refractivity contribution in [1.29, 1.82) is 0 Å². The molecule has 2 aliphatic carbocycles. The number of nitrogens with one attached hydrogen (secondary N) is 2. The van der Waals surface area contributed by atoms with E-state index in [-0.39, 0.29) is 0 Å². The average molecular weight is 456 g/mol. The Balaban J connectivity index is 0.000000231. The summed E-state index contributed by atoms with van der Waals surface area (Å²) in [5.41, 5.74) is 7.58. The molecule has 0 radical (unpaired) electrons. The Bertz CT molecular complexity index is 1230. The Morgan fingerprint density at radius 2 is 1.97 bits per heavy atom. The van der Waals surface area contributed by atoms with Gasteiger partial charge in [-0.05, 0) is 69.1 Å². The fourth-order valence-corrected chi connectivity index (χ4v) is 3.83. The predicted molar refractivity (Wildman–Crippen MR) is 139 cm³/mol. The van der Waals surface area contributed by atoms with Gasteiger partial charge in [0, 0.05) is 29.8 Å². The van der Waals surface area contributed by atoms with Crippen LogP contribution < -0.4 is 10.6 Å². The molecule has 0 spiro atoms. The van der Waals surface area contributed by atoms with Crippen LogP contribution >= 0.6 is 0 Å². The van der Waals surface area contributed by atoms with Crippen molar-refractivity contribution in [3.05, 3.63) is 90.1 Å². The van der Waals surface area contributed by atoms with Gasteiger partial charge in [-0.25, -0.2) is 9.97 Å². The third kappa shape index (κ3) is 6.44. The molecular weight excluding hydrogens is 422 g/mol. The van der Waals surface area contributed by atoms with E-state index in [1.54, 1.807) is 0 Å². The van der Waals surface area contributed by atoms with E-state index >= 15 is 0 Å². The van der Waals surface area contributed by atoms with Crippen LogP contribution in [-0.4, -0.2) is 20.8 Å². The molecule has 2 saturated carbocycles. The Labute approximate surface area is 201 Å². The second-order valence-corrected chi connectivity index (χ2v) is 9.17. The number of allylic oxidation sites excluding steroid dienone is 4. The Morgan fingerprint density at radius 1 is 1.18 bits per heavy atom. The van der Waals surface area contributed by atoms with E-state index in [2.05, 4.69) is 75.7 Å². The number of amides is 1. The van der Waals surface area contributed by atoms with E-state index in [0.29, 0.717) is 18.8 Å². The first-order valence-electron chi connectivity index (χ1n) is 11.8. The molecule has 0 bridgehead atoms. The molecule has 0 saturated heterocycles. The Kier molecular flexibility index (Phi) is 7.26. The Morgan fingerprint density at radius 3 is 2.65 bits per heavy atom. The maximum absolute atomic E-state index is 10.6. The normalized spacial score (nSPS) is 15.3. The van der Waals surface area contributed by atoms with Crippen LogP contribution in [0.4, 0.5) is 11.5 Å². The van der Waals surface area contributed by atoms with Crippen LogP contribution in [0, 0.1) is 12.8 Å². The molecule has 3 aromatic heterocycles. The Hall–Kier alpha value is -3.67. The zero-order valence-electron chi connectivity index (χ0n) is 20.1. The number of imidazole rings is 1. The molecule has 0 aromatic carbocycles. The maximum Gasteiger partial charge on any atom is 0.212 e. The number of aryl methyl sites for hydroxylation is 1. The molecule has 6 nitrogen and oxygen atoms in total. The van der Waals surface area contributed by atoms with Crippen LogP contribution in [-0.2, 0) is 11.3 Å².